The molecular formula is C62H114O6. The third-order valence-electron chi connectivity index (χ3n) is 13.4. The van der Waals surface area contributed by atoms with E-state index in [0.717, 1.165) is 77.0 Å². The van der Waals surface area contributed by atoms with Gasteiger partial charge in [0.2, 0.25) is 0 Å². The lowest BCUT2D eigenvalue weighted by molar-refractivity contribution is -0.167. The van der Waals surface area contributed by atoms with Crippen LogP contribution < -0.4 is 0 Å². The molecule has 0 fully saturated rings. The topological polar surface area (TPSA) is 78.9 Å². The summed E-state index contributed by atoms with van der Waals surface area (Å²) in [7, 11) is 0. The first-order valence-corrected chi connectivity index (χ1v) is 30.0. The van der Waals surface area contributed by atoms with Gasteiger partial charge in [-0.1, -0.05) is 282 Å². The second-order valence-electron chi connectivity index (χ2n) is 20.3. The maximum atomic E-state index is 12.8. The summed E-state index contributed by atoms with van der Waals surface area (Å²) in [6.45, 7) is 6.65. The van der Waals surface area contributed by atoms with Gasteiger partial charge < -0.3 is 14.2 Å². The number of carbonyl (C=O) groups is 3. The minimum Gasteiger partial charge on any atom is -0.462 e. The van der Waals surface area contributed by atoms with Crippen molar-refractivity contribution >= 4 is 17.9 Å². The second-order valence-corrected chi connectivity index (χ2v) is 20.3. The molecule has 0 aliphatic heterocycles. The van der Waals surface area contributed by atoms with E-state index >= 15 is 0 Å². The van der Waals surface area contributed by atoms with Crippen LogP contribution in [-0.4, -0.2) is 37.2 Å². The molecule has 1 atom stereocenters. The van der Waals surface area contributed by atoms with Crippen molar-refractivity contribution in [2.24, 2.45) is 0 Å². The van der Waals surface area contributed by atoms with Gasteiger partial charge in [0.1, 0.15) is 13.2 Å². The van der Waals surface area contributed by atoms with E-state index < -0.39 is 6.10 Å². The van der Waals surface area contributed by atoms with Crippen molar-refractivity contribution in [2.45, 2.75) is 329 Å². The predicted octanol–water partition coefficient (Wildman–Crippen LogP) is 20.0. The van der Waals surface area contributed by atoms with Crippen molar-refractivity contribution in [3.05, 3.63) is 36.5 Å². The van der Waals surface area contributed by atoms with Crippen molar-refractivity contribution in [1.82, 2.24) is 0 Å². The van der Waals surface area contributed by atoms with E-state index in [2.05, 4.69) is 57.2 Å². The van der Waals surface area contributed by atoms with Crippen LogP contribution in [0.3, 0.4) is 0 Å². The molecule has 0 heterocycles. The fraction of sp³-hybridized carbons (Fsp3) is 0.855. The van der Waals surface area contributed by atoms with Crippen molar-refractivity contribution in [1.29, 1.82) is 0 Å². The van der Waals surface area contributed by atoms with Gasteiger partial charge in [-0.3, -0.25) is 14.4 Å². The molecule has 1 unspecified atom stereocenters. The van der Waals surface area contributed by atoms with Crippen molar-refractivity contribution in [3.63, 3.8) is 0 Å². The summed E-state index contributed by atoms with van der Waals surface area (Å²) in [4.78, 5) is 38.1. The summed E-state index contributed by atoms with van der Waals surface area (Å²) < 4.78 is 16.9. The van der Waals surface area contributed by atoms with Crippen LogP contribution in [0.4, 0.5) is 0 Å². The lowest BCUT2D eigenvalue weighted by Gasteiger charge is -2.18. The van der Waals surface area contributed by atoms with Crippen LogP contribution in [-0.2, 0) is 28.6 Å². The quantitative estimate of drug-likeness (QED) is 0.0262. The fourth-order valence-electron chi connectivity index (χ4n) is 8.86. The zero-order valence-corrected chi connectivity index (χ0v) is 45.6. The van der Waals surface area contributed by atoms with Crippen LogP contribution in [0.2, 0.25) is 0 Å². The molecule has 0 spiro atoms. The van der Waals surface area contributed by atoms with E-state index in [-0.39, 0.29) is 31.1 Å². The number of esters is 3. The number of carbonyl (C=O) groups excluding carboxylic acids is 3. The van der Waals surface area contributed by atoms with Crippen LogP contribution in [0, 0.1) is 0 Å². The number of hydrogen-bond donors (Lipinski definition) is 0. The lowest BCUT2D eigenvalue weighted by atomic mass is 10.0. The number of hydrogen-bond acceptors (Lipinski definition) is 6. The van der Waals surface area contributed by atoms with E-state index in [4.69, 9.17) is 14.2 Å². The standard InChI is InChI=1S/C62H114O6/c1-4-7-10-13-16-19-21-23-25-27-29-30-31-32-33-35-36-38-40-43-46-49-52-55-61(64)67-58-59(57-66-60(63)54-51-48-45-42-18-15-12-9-6-3)68-62(65)56-53-50-47-44-41-39-37-34-28-26-24-22-20-17-14-11-8-5-2/h21,23,27,29,31-32,59H,4-20,22,24-26,28,30,33-58H2,1-3H3/b23-21-,29-27-,32-31-. The zero-order chi connectivity index (χ0) is 49.3. The summed E-state index contributed by atoms with van der Waals surface area (Å²) in [5, 5.41) is 0. The van der Waals surface area contributed by atoms with Crippen molar-refractivity contribution < 1.29 is 28.6 Å². The summed E-state index contributed by atoms with van der Waals surface area (Å²) in [6, 6.07) is 0. The summed E-state index contributed by atoms with van der Waals surface area (Å²) in [6.07, 6.45) is 68.6. The molecule has 6 nitrogen and oxygen atoms in total. The Balaban J connectivity index is 4.23. The average molecular weight is 956 g/mol. The fourth-order valence-corrected chi connectivity index (χ4v) is 8.86. The Bertz CT molecular complexity index is 1140. The van der Waals surface area contributed by atoms with Gasteiger partial charge in [0.15, 0.2) is 6.10 Å². The smallest absolute Gasteiger partial charge is 0.306 e. The highest BCUT2D eigenvalue weighted by Gasteiger charge is 2.19. The Morgan fingerprint density at radius 2 is 0.529 bits per heavy atom. The largest absolute Gasteiger partial charge is 0.462 e. The van der Waals surface area contributed by atoms with Crippen molar-refractivity contribution in [3.8, 4) is 0 Å². The molecule has 398 valence electrons. The highest BCUT2D eigenvalue weighted by Crippen LogP contribution is 2.17. The zero-order valence-electron chi connectivity index (χ0n) is 45.6. The van der Waals surface area contributed by atoms with E-state index in [0.29, 0.717) is 19.3 Å². The molecule has 0 aromatic rings. The van der Waals surface area contributed by atoms with E-state index in [9.17, 15) is 14.4 Å². The molecule has 68 heavy (non-hydrogen) atoms. The van der Waals surface area contributed by atoms with Crippen LogP contribution in [0.5, 0.6) is 0 Å². The monoisotopic (exact) mass is 955 g/mol. The van der Waals surface area contributed by atoms with Gasteiger partial charge in [0, 0.05) is 19.3 Å². The van der Waals surface area contributed by atoms with Crippen LogP contribution >= 0.6 is 0 Å². The molecule has 0 aliphatic rings. The third-order valence-corrected chi connectivity index (χ3v) is 13.4. The summed E-state index contributed by atoms with van der Waals surface area (Å²) in [5.41, 5.74) is 0. The molecular weight excluding hydrogens is 841 g/mol. The first kappa shape index (κ1) is 65.6. The molecule has 0 N–H and O–H groups in total. The maximum absolute atomic E-state index is 12.8. The minimum absolute atomic E-state index is 0.0700. The predicted molar refractivity (Wildman–Crippen MR) is 293 cm³/mol. The first-order valence-electron chi connectivity index (χ1n) is 30.0. The molecule has 0 aromatic carbocycles. The van der Waals surface area contributed by atoms with Gasteiger partial charge in [-0.05, 0) is 57.8 Å². The van der Waals surface area contributed by atoms with Gasteiger partial charge in [-0.15, -0.1) is 0 Å². The average Bonchev–Trinajstić information content (AvgIpc) is 3.34. The van der Waals surface area contributed by atoms with Gasteiger partial charge in [-0.25, -0.2) is 0 Å². The van der Waals surface area contributed by atoms with Gasteiger partial charge >= 0.3 is 17.9 Å². The first-order chi connectivity index (χ1) is 33.5. The highest BCUT2D eigenvalue weighted by molar-refractivity contribution is 5.71. The van der Waals surface area contributed by atoms with Crippen molar-refractivity contribution in [2.75, 3.05) is 13.2 Å². The molecule has 0 saturated heterocycles. The maximum Gasteiger partial charge on any atom is 0.306 e. The molecule has 0 aliphatic carbocycles. The molecule has 6 heteroatoms. The second kappa shape index (κ2) is 57.2. The normalized spacial score (nSPS) is 12.2. The number of unbranched alkanes of at least 4 members (excludes halogenated alkanes) is 38. The molecule has 0 aromatic heterocycles. The number of rotatable bonds is 55. The van der Waals surface area contributed by atoms with E-state index in [1.54, 1.807) is 0 Å². The Labute approximate surface area is 423 Å². The highest BCUT2D eigenvalue weighted by atomic mass is 16.6. The van der Waals surface area contributed by atoms with Crippen LogP contribution in [0.25, 0.3) is 0 Å². The molecule has 0 saturated carbocycles. The summed E-state index contributed by atoms with van der Waals surface area (Å²) in [5.74, 6) is -0.861. The van der Waals surface area contributed by atoms with Gasteiger partial charge in [0.05, 0.1) is 0 Å². The Morgan fingerprint density at radius 1 is 0.294 bits per heavy atom. The number of allylic oxidation sites excluding steroid dienone is 6. The molecule has 0 rings (SSSR count). The molecule has 0 radical (unpaired) electrons. The van der Waals surface area contributed by atoms with E-state index in [1.165, 1.54) is 205 Å². The SMILES string of the molecule is CCCCCCC/C=C\C/C=C\C/C=C\CCCCCCCCCCC(=O)OCC(COC(=O)CCCCCCCCCCC)OC(=O)CCCCCCCCCCCCCCCCCCCC. The third kappa shape index (κ3) is 54.6. The molecule has 0 amide bonds. The van der Waals surface area contributed by atoms with Gasteiger partial charge in [-0.2, -0.15) is 0 Å². The lowest BCUT2D eigenvalue weighted by Crippen LogP contribution is -2.30. The van der Waals surface area contributed by atoms with Gasteiger partial charge in [0.25, 0.3) is 0 Å². The molecule has 0 bridgehead atoms. The van der Waals surface area contributed by atoms with E-state index in [1.807, 2.05) is 0 Å². The Morgan fingerprint density at radius 3 is 0.824 bits per heavy atom. The Hall–Kier alpha value is -2.37. The van der Waals surface area contributed by atoms with Crippen LogP contribution in [0.15, 0.2) is 36.5 Å². The number of ether oxygens (including phenoxy) is 3. The Kier molecular flexibility index (Phi) is 55.2. The summed E-state index contributed by atoms with van der Waals surface area (Å²) >= 11 is 0. The van der Waals surface area contributed by atoms with Crippen LogP contribution in [0.1, 0.15) is 323 Å². The minimum atomic E-state index is -0.770.